The van der Waals surface area contributed by atoms with E-state index in [9.17, 15) is 43.2 Å². The van der Waals surface area contributed by atoms with Crippen molar-refractivity contribution in [2.24, 2.45) is 5.92 Å². The number of hydrogen-bond donors (Lipinski definition) is 3. The van der Waals surface area contributed by atoms with Gasteiger partial charge in [0.05, 0.1) is 26.4 Å². The van der Waals surface area contributed by atoms with Gasteiger partial charge in [0.1, 0.15) is 19.3 Å². The summed E-state index contributed by atoms with van der Waals surface area (Å²) in [6.07, 6.45) is 62.7. The van der Waals surface area contributed by atoms with Gasteiger partial charge in [-0.3, -0.25) is 37.3 Å². The van der Waals surface area contributed by atoms with Crippen LogP contribution in [0.1, 0.15) is 420 Å². The predicted molar refractivity (Wildman–Crippen MR) is 400 cm³/mol. The highest BCUT2D eigenvalue weighted by molar-refractivity contribution is 7.47. The van der Waals surface area contributed by atoms with Crippen LogP contribution in [-0.4, -0.2) is 96.7 Å². The lowest BCUT2D eigenvalue weighted by atomic mass is 10.0. The van der Waals surface area contributed by atoms with E-state index in [1.54, 1.807) is 0 Å². The molecule has 98 heavy (non-hydrogen) atoms. The van der Waals surface area contributed by atoms with Crippen LogP contribution in [-0.2, 0) is 65.4 Å². The first-order chi connectivity index (χ1) is 47.5. The van der Waals surface area contributed by atoms with Gasteiger partial charge in [0.25, 0.3) is 0 Å². The zero-order valence-electron chi connectivity index (χ0n) is 63.9. The second-order valence-electron chi connectivity index (χ2n) is 28.9. The van der Waals surface area contributed by atoms with Gasteiger partial charge >= 0.3 is 39.5 Å². The summed E-state index contributed by atoms with van der Waals surface area (Å²) in [5.41, 5.74) is 0. The summed E-state index contributed by atoms with van der Waals surface area (Å²) >= 11 is 0. The molecule has 0 aromatic carbocycles. The van der Waals surface area contributed by atoms with E-state index < -0.39 is 97.5 Å². The van der Waals surface area contributed by atoms with Crippen molar-refractivity contribution < 1.29 is 80.2 Å². The molecule has 0 aromatic heterocycles. The van der Waals surface area contributed by atoms with Crippen LogP contribution in [0, 0.1) is 5.92 Å². The van der Waals surface area contributed by atoms with Gasteiger partial charge in [0.15, 0.2) is 12.2 Å². The molecule has 0 aliphatic rings. The van der Waals surface area contributed by atoms with E-state index in [1.807, 2.05) is 0 Å². The number of aliphatic hydroxyl groups excluding tert-OH is 1. The number of ether oxygens (including phenoxy) is 4. The molecule has 0 fully saturated rings. The number of rotatable bonds is 79. The van der Waals surface area contributed by atoms with Crippen molar-refractivity contribution in [3.05, 3.63) is 0 Å². The van der Waals surface area contributed by atoms with E-state index >= 15 is 0 Å². The number of aliphatic hydroxyl groups is 1. The molecule has 5 atom stereocenters. The van der Waals surface area contributed by atoms with E-state index in [0.717, 1.165) is 95.8 Å². The van der Waals surface area contributed by atoms with Gasteiger partial charge in [-0.1, -0.05) is 369 Å². The first-order valence-electron chi connectivity index (χ1n) is 41.1. The van der Waals surface area contributed by atoms with Crippen LogP contribution in [0.2, 0.25) is 0 Å². The predicted octanol–water partition coefficient (Wildman–Crippen LogP) is 23.6. The Kier molecular flexibility index (Phi) is 70.6. The lowest BCUT2D eigenvalue weighted by molar-refractivity contribution is -0.161. The first kappa shape index (κ1) is 96.1. The number of carbonyl (C=O) groups excluding carboxylic acids is 4. The Hall–Kier alpha value is -1.94. The summed E-state index contributed by atoms with van der Waals surface area (Å²) in [5, 5.41) is 10.6. The fourth-order valence-electron chi connectivity index (χ4n) is 12.2. The molecular formula is C79H154O17P2. The second-order valence-corrected chi connectivity index (χ2v) is 31.8. The Morgan fingerprint density at radius 3 is 0.694 bits per heavy atom. The van der Waals surface area contributed by atoms with Crippen LogP contribution in [0.15, 0.2) is 0 Å². The molecule has 0 aliphatic carbocycles. The highest BCUT2D eigenvalue weighted by atomic mass is 31.2. The molecule has 19 heteroatoms. The van der Waals surface area contributed by atoms with Crippen LogP contribution < -0.4 is 0 Å². The second kappa shape index (κ2) is 72.0. The molecule has 0 saturated heterocycles. The maximum absolute atomic E-state index is 13.1. The molecule has 0 spiro atoms. The minimum absolute atomic E-state index is 0.105. The molecule has 0 aromatic rings. The minimum Gasteiger partial charge on any atom is -0.462 e. The molecule has 0 saturated carbocycles. The zero-order chi connectivity index (χ0) is 71.9. The molecule has 0 heterocycles. The SMILES string of the molecule is CCCCCCCCCCCCCCCCCCCCCCCC(=O)O[C@H](COC(=O)CCCCCCCCCCCCCCCCCCC)COP(=O)(O)OC[C@@H](O)COP(=O)(O)OC[C@@H](COC(=O)CCCCCCCCCCC)OC(=O)CCCCCCCCCCC(C)C. The molecule has 3 N–H and O–H groups in total. The Bertz CT molecular complexity index is 1870. The average molecular weight is 1440 g/mol. The van der Waals surface area contributed by atoms with Gasteiger partial charge in [0, 0.05) is 25.7 Å². The number of phosphoric ester groups is 2. The fourth-order valence-corrected chi connectivity index (χ4v) is 13.8. The van der Waals surface area contributed by atoms with Gasteiger partial charge in [-0.15, -0.1) is 0 Å². The monoisotopic (exact) mass is 1440 g/mol. The van der Waals surface area contributed by atoms with Crippen molar-refractivity contribution in [2.45, 2.75) is 438 Å². The summed E-state index contributed by atoms with van der Waals surface area (Å²) in [5.74, 6) is -1.39. The third kappa shape index (κ3) is 72.4. The molecule has 17 nitrogen and oxygen atoms in total. The largest absolute Gasteiger partial charge is 0.472 e. The van der Waals surface area contributed by atoms with Crippen molar-refractivity contribution in [1.82, 2.24) is 0 Å². The van der Waals surface area contributed by atoms with E-state index in [2.05, 4.69) is 34.6 Å². The van der Waals surface area contributed by atoms with Crippen molar-refractivity contribution >= 4 is 39.5 Å². The maximum Gasteiger partial charge on any atom is 0.472 e. The third-order valence-electron chi connectivity index (χ3n) is 18.5. The summed E-state index contributed by atoms with van der Waals surface area (Å²) < 4.78 is 68.6. The Labute approximate surface area is 600 Å². The number of carbonyl (C=O) groups is 4. The van der Waals surface area contributed by atoms with Crippen molar-refractivity contribution in [2.75, 3.05) is 39.6 Å². The number of hydrogen-bond acceptors (Lipinski definition) is 15. The third-order valence-corrected chi connectivity index (χ3v) is 20.4. The van der Waals surface area contributed by atoms with Crippen LogP contribution in [0.4, 0.5) is 0 Å². The molecule has 0 amide bonds. The van der Waals surface area contributed by atoms with Crippen LogP contribution in [0.3, 0.4) is 0 Å². The van der Waals surface area contributed by atoms with Crippen LogP contribution in [0.5, 0.6) is 0 Å². The smallest absolute Gasteiger partial charge is 0.462 e. The van der Waals surface area contributed by atoms with Gasteiger partial charge in [-0.2, -0.15) is 0 Å². The van der Waals surface area contributed by atoms with Gasteiger partial charge in [-0.25, -0.2) is 9.13 Å². The quantitative estimate of drug-likeness (QED) is 0.0222. The number of phosphoric acid groups is 2. The zero-order valence-corrected chi connectivity index (χ0v) is 65.7. The summed E-state index contributed by atoms with van der Waals surface area (Å²) in [4.78, 5) is 72.8. The van der Waals surface area contributed by atoms with Crippen LogP contribution in [0.25, 0.3) is 0 Å². The average Bonchev–Trinajstić information content (AvgIpc) is 1.04. The van der Waals surface area contributed by atoms with E-state index in [1.165, 1.54) is 244 Å². The Morgan fingerprint density at radius 1 is 0.276 bits per heavy atom. The van der Waals surface area contributed by atoms with Gasteiger partial charge in [-0.05, 0) is 31.6 Å². The maximum atomic E-state index is 13.1. The first-order valence-corrected chi connectivity index (χ1v) is 44.1. The Balaban J connectivity index is 5.19. The normalized spacial score (nSPS) is 13.9. The molecule has 0 aliphatic heterocycles. The van der Waals surface area contributed by atoms with Gasteiger partial charge < -0.3 is 33.8 Å². The molecule has 0 radical (unpaired) electrons. The van der Waals surface area contributed by atoms with Crippen molar-refractivity contribution in [3.8, 4) is 0 Å². The molecule has 0 bridgehead atoms. The molecule has 582 valence electrons. The van der Waals surface area contributed by atoms with Crippen molar-refractivity contribution in [3.63, 3.8) is 0 Å². The van der Waals surface area contributed by atoms with Crippen LogP contribution >= 0.6 is 15.6 Å². The minimum atomic E-state index is -4.96. The summed E-state index contributed by atoms with van der Waals surface area (Å²) in [6.45, 7) is 7.25. The molecular weight excluding hydrogens is 1280 g/mol. The number of esters is 4. The van der Waals surface area contributed by atoms with E-state index in [4.69, 9.17) is 37.0 Å². The molecule has 0 rings (SSSR count). The molecule has 2 unspecified atom stereocenters. The topological polar surface area (TPSA) is 237 Å². The standard InChI is InChI=1S/C79H154O17P2/c1-6-9-12-15-18-21-23-25-27-29-30-31-32-34-36-38-40-43-49-54-59-64-78(83)95-74(69-90-77(82)63-58-53-48-42-39-37-35-33-28-26-24-22-19-16-13-10-7-2)70-93-97(85,86)91-66-73(80)67-92-98(87,88)94-71-75(68-89-76(81)62-57-52-47-41-20-17-14-11-8-3)96-79(84)65-60-55-50-45-44-46-51-56-61-72(4)5/h72-75,80H,6-71H2,1-5H3,(H,85,86)(H,87,88)/t73-,74-,75-/m1/s1. The van der Waals surface area contributed by atoms with E-state index in [0.29, 0.717) is 25.7 Å². The highest BCUT2D eigenvalue weighted by Gasteiger charge is 2.30. The lowest BCUT2D eigenvalue weighted by Crippen LogP contribution is -2.30. The summed E-state index contributed by atoms with van der Waals surface area (Å²) in [7, 11) is -9.91. The van der Waals surface area contributed by atoms with Gasteiger partial charge in [0.2, 0.25) is 0 Å². The number of unbranched alkanes of at least 4 members (excludes halogenated alkanes) is 51. The van der Waals surface area contributed by atoms with E-state index in [-0.39, 0.29) is 25.7 Å². The highest BCUT2D eigenvalue weighted by Crippen LogP contribution is 2.45. The summed E-state index contributed by atoms with van der Waals surface area (Å²) in [6, 6.07) is 0. The fraction of sp³-hybridized carbons (Fsp3) is 0.949. The van der Waals surface area contributed by atoms with Crippen molar-refractivity contribution in [1.29, 1.82) is 0 Å². The Morgan fingerprint density at radius 2 is 0.469 bits per heavy atom. The lowest BCUT2D eigenvalue weighted by Gasteiger charge is -2.21.